The Kier molecular flexibility index (Phi) is 6.22. The standard InChI is InChI=1S/C27H45ClO/c1-17(2)7-6-8-18(3)21-9-10-22-20-16-25(29)24-15-19(28)11-13-27(24,5)23(20)12-14-26(21,22)4/h17-24H,6-16H2,1-5H3/t18-,19?,20+,21-,22+,23+,24?,26-,27-/m1/s1. The zero-order valence-corrected chi connectivity index (χ0v) is 20.4. The molecule has 9 atom stereocenters. The van der Waals surface area contributed by atoms with Crippen molar-refractivity contribution >= 4 is 17.4 Å². The van der Waals surface area contributed by atoms with Crippen molar-refractivity contribution in [3.05, 3.63) is 0 Å². The van der Waals surface area contributed by atoms with Crippen molar-refractivity contribution in [3.8, 4) is 0 Å². The van der Waals surface area contributed by atoms with Crippen LogP contribution in [-0.2, 0) is 4.79 Å². The van der Waals surface area contributed by atoms with E-state index >= 15 is 0 Å². The third-order valence-corrected chi connectivity index (χ3v) is 11.0. The van der Waals surface area contributed by atoms with E-state index in [-0.39, 0.29) is 16.7 Å². The monoisotopic (exact) mass is 420 g/mol. The topological polar surface area (TPSA) is 17.1 Å². The number of fused-ring (bicyclic) bond motifs is 5. The zero-order valence-electron chi connectivity index (χ0n) is 19.7. The molecule has 0 saturated heterocycles. The van der Waals surface area contributed by atoms with Gasteiger partial charge in [0.1, 0.15) is 5.78 Å². The van der Waals surface area contributed by atoms with Crippen LogP contribution in [-0.4, -0.2) is 11.2 Å². The summed E-state index contributed by atoms with van der Waals surface area (Å²) in [7, 11) is 0. The molecule has 166 valence electrons. The summed E-state index contributed by atoms with van der Waals surface area (Å²) in [5, 5.41) is 0.227. The maximum Gasteiger partial charge on any atom is 0.136 e. The normalized spacial score (nSPS) is 48.2. The van der Waals surface area contributed by atoms with E-state index in [0.717, 1.165) is 48.9 Å². The first-order valence-electron chi connectivity index (χ1n) is 12.8. The average molecular weight is 421 g/mol. The lowest BCUT2D eigenvalue weighted by molar-refractivity contribution is -0.154. The van der Waals surface area contributed by atoms with Gasteiger partial charge >= 0.3 is 0 Å². The predicted octanol–water partition coefficient (Wildman–Crippen LogP) is 7.89. The summed E-state index contributed by atoms with van der Waals surface area (Å²) in [6.45, 7) is 12.3. The number of Topliss-reactive ketones (excluding diaryl/α,β-unsaturated/α-hetero) is 1. The van der Waals surface area contributed by atoms with Crippen molar-refractivity contribution < 1.29 is 4.79 Å². The molecule has 4 aliphatic carbocycles. The first-order chi connectivity index (χ1) is 13.7. The summed E-state index contributed by atoms with van der Waals surface area (Å²) < 4.78 is 0. The number of rotatable bonds is 5. The minimum Gasteiger partial charge on any atom is -0.299 e. The lowest BCUT2D eigenvalue weighted by Crippen LogP contribution is -2.56. The molecule has 0 amide bonds. The van der Waals surface area contributed by atoms with Crippen molar-refractivity contribution in [2.75, 3.05) is 0 Å². The number of carbonyl (C=O) groups excluding carboxylic acids is 1. The molecule has 0 spiro atoms. The molecule has 0 aromatic rings. The van der Waals surface area contributed by atoms with Crippen molar-refractivity contribution in [1.29, 1.82) is 0 Å². The SMILES string of the molecule is CC(C)CCC[C@@H](C)[C@H]1CC[C@H]2[C@@H]3CC(=O)C4CC(Cl)CC[C@]4(C)[C@H]3CC[C@]12C. The van der Waals surface area contributed by atoms with Crippen LogP contribution in [0.5, 0.6) is 0 Å². The highest BCUT2D eigenvalue weighted by atomic mass is 35.5. The van der Waals surface area contributed by atoms with Gasteiger partial charge in [0, 0.05) is 17.7 Å². The first kappa shape index (κ1) is 22.2. The quantitative estimate of drug-likeness (QED) is 0.413. The number of ketones is 1. The molecule has 0 bridgehead atoms. The molecule has 0 heterocycles. The summed E-state index contributed by atoms with van der Waals surface area (Å²) in [5.74, 6) is 5.57. The smallest absolute Gasteiger partial charge is 0.136 e. The van der Waals surface area contributed by atoms with Crippen LogP contribution in [0.25, 0.3) is 0 Å². The van der Waals surface area contributed by atoms with Gasteiger partial charge in [-0.3, -0.25) is 4.79 Å². The second-order valence-corrected chi connectivity index (χ2v) is 13.1. The number of alkyl halides is 1. The Morgan fingerprint density at radius 2 is 1.66 bits per heavy atom. The fraction of sp³-hybridized carbons (Fsp3) is 0.963. The Labute approximate surface area is 185 Å². The molecule has 4 rings (SSSR count). The van der Waals surface area contributed by atoms with E-state index in [9.17, 15) is 4.79 Å². The Balaban J connectivity index is 1.50. The molecule has 1 nitrogen and oxygen atoms in total. The van der Waals surface area contributed by atoms with Gasteiger partial charge in [0.2, 0.25) is 0 Å². The van der Waals surface area contributed by atoms with Gasteiger partial charge in [-0.15, -0.1) is 11.6 Å². The Morgan fingerprint density at radius 3 is 2.38 bits per heavy atom. The number of halogens is 1. The number of carbonyl (C=O) groups is 1. The fourth-order valence-corrected chi connectivity index (χ4v) is 9.31. The first-order valence-corrected chi connectivity index (χ1v) is 13.3. The van der Waals surface area contributed by atoms with Crippen LogP contribution < -0.4 is 0 Å². The molecule has 0 aromatic carbocycles. The highest BCUT2D eigenvalue weighted by Gasteiger charge is 2.62. The third-order valence-electron chi connectivity index (χ3n) is 10.6. The van der Waals surface area contributed by atoms with Gasteiger partial charge < -0.3 is 0 Å². The number of hydrogen-bond donors (Lipinski definition) is 0. The molecular weight excluding hydrogens is 376 g/mol. The van der Waals surface area contributed by atoms with Gasteiger partial charge in [-0.2, -0.15) is 0 Å². The van der Waals surface area contributed by atoms with Crippen molar-refractivity contribution in [2.24, 2.45) is 52.3 Å². The van der Waals surface area contributed by atoms with Crippen molar-refractivity contribution in [1.82, 2.24) is 0 Å². The molecule has 0 aliphatic heterocycles. The van der Waals surface area contributed by atoms with Crippen LogP contribution in [0.4, 0.5) is 0 Å². The highest BCUT2D eigenvalue weighted by Crippen LogP contribution is 2.68. The van der Waals surface area contributed by atoms with E-state index in [1.54, 1.807) is 0 Å². The maximum absolute atomic E-state index is 13.3. The van der Waals surface area contributed by atoms with E-state index < -0.39 is 0 Å². The second kappa shape index (κ2) is 8.14. The molecule has 0 N–H and O–H groups in total. The van der Waals surface area contributed by atoms with E-state index in [1.165, 1.54) is 51.4 Å². The Bertz CT molecular complexity index is 614. The third kappa shape index (κ3) is 3.74. The summed E-state index contributed by atoms with van der Waals surface area (Å²) in [5.41, 5.74) is 0.708. The lowest BCUT2D eigenvalue weighted by atomic mass is 9.44. The Hall–Kier alpha value is -0.0400. The van der Waals surface area contributed by atoms with Gasteiger partial charge in [-0.05, 0) is 91.3 Å². The fourth-order valence-electron chi connectivity index (χ4n) is 9.02. The minimum atomic E-state index is 0.227. The lowest BCUT2D eigenvalue weighted by Gasteiger charge is -2.60. The van der Waals surface area contributed by atoms with Crippen LogP contribution in [0.2, 0.25) is 0 Å². The van der Waals surface area contributed by atoms with Gasteiger partial charge in [0.25, 0.3) is 0 Å². The van der Waals surface area contributed by atoms with Gasteiger partial charge in [0.05, 0.1) is 0 Å². The van der Waals surface area contributed by atoms with Gasteiger partial charge in [-0.1, -0.05) is 53.9 Å². The second-order valence-electron chi connectivity index (χ2n) is 12.5. The summed E-state index contributed by atoms with van der Waals surface area (Å²) >= 11 is 6.51. The van der Waals surface area contributed by atoms with Crippen molar-refractivity contribution in [2.45, 2.75) is 111 Å². The van der Waals surface area contributed by atoms with Gasteiger partial charge in [-0.25, -0.2) is 0 Å². The van der Waals surface area contributed by atoms with Crippen LogP contribution in [0, 0.1) is 52.3 Å². The van der Waals surface area contributed by atoms with E-state index in [4.69, 9.17) is 11.6 Å². The zero-order chi connectivity index (χ0) is 21.0. The minimum absolute atomic E-state index is 0.227. The van der Waals surface area contributed by atoms with Crippen LogP contribution in [0.15, 0.2) is 0 Å². The molecular formula is C27H45ClO. The largest absolute Gasteiger partial charge is 0.299 e. The average Bonchev–Trinajstić information content (AvgIpc) is 3.00. The van der Waals surface area contributed by atoms with E-state index in [1.807, 2.05) is 0 Å². The molecule has 2 heteroatoms. The van der Waals surface area contributed by atoms with E-state index in [0.29, 0.717) is 17.1 Å². The van der Waals surface area contributed by atoms with Gasteiger partial charge in [0.15, 0.2) is 0 Å². The van der Waals surface area contributed by atoms with Crippen molar-refractivity contribution in [3.63, 3.8) is 0 Å². The predicted molar refractivity (Wildman–Crippen MR) is 123 cm³/mol. The van der Waals surface area contributed by atoms with Crippen LogP contribution >= 0.6 is 11.6 Å². The van der Waals surface area contributed by atoms with Crippen LogP contribution in [0.1, 0.15) is 105 Å². The molecule has 0 radical (unpaired) electrons. The number of hydrogen-bond acceptors (Lipinski definition) is 1. The van der Waals surface area contributed by atoms with Crippen LogP contribution in [0.3, 0.4) is 0 Å². The molecule has 2 unspecified atom stereocenters. The summed E-state index contributed by atoms with van der Waals surface area (Å²) in [6.07, 6.45) is 13.8. The molecule has 4 fully saturated rings. The van der Waals surface area contributed by atoms with E-state index in [2.05, 4.69) is 34.6 Å². The maximum atomic E-state index is 13.3. The Morgan fingerprint density at radius 1 is 0.966 bits per heavy atom. The summed E-state index contributed by atoms with van der Waals surface area (Å²) in [6, 6.07) is 0. The molecule has 29 heavy (non-hydrogen) atoms. The summed E-state index contributed by atoms with van der Waals surface area (Å²) in [4.78, 5) is 13.3. The molecule has 0 aromatic heterocycles. The molecule has 4 saturated carbocycles. The molecule has 4 aliphatic rings. The highest BCUT2D eigenvalue weighted by molar-refractivity contribution is 6.20.